The molecule has 0 aliphatic heterocycles. The molecule has 134 valence electrons. The molecule has 4 nitrogen and oxygen atoms in total. The van der Waals surface area contributed by atoms with Crippen LogP contribution in [0.1, 0.15) is 35.7 Å². The second-order valence-electron chi connectivity index (χ2n) is 7.04. The van der Waals surface area contributed by atoms with Crippen LogP contribution in [0.25, 0.3) is 10.9 Å². The number of benzene rings is 2. The predicted octanol–water partition coefficient (Wildman–Crippen LogP) is 4.41. The van der Waals surface area contributed by atoms with Crippen LogP contribution in [-0.2, 0) is 6.54 Å². The Morgan fingerprint density at radius 2 is 1.92 bits per heavy atom. The molecule has 1 unspecified atom stereocenters. The van der Waals surface area contributed by atoms with E-state index in [0.29, 0.717) is 6.04 Å². The Morgan fingerprint density at radius 3 is 2.62 bits per heavy atom. The zero-order valence-electron chi connectivity index (χ0n) is 15.2. The third-order valence-corrected chi connectivity index (χ3v) is 5.27. The Hall–Kier alpha value is -2.59. The Bertz CT molecular complexity index is 909. The van der Waals surface area contributed by atoms with Gasteiger partial charge >= 0.3 is 0 Å². The van der Waals surface area contributed by atoms with Crippen molar-refractivity contribution in [3.63, 3.8) is 0 Å². The molecular formula is C22H24N2O2. The summed E-state index contributed by atoms with van der Waals surface area (Å²) in [6, 6.07) is 16.5. The van der Waals surface area contributed by atoms with E-state index >= 15 is 0 Å². The van der Waals surface area contributed by atoms with Crippen molar-refractivity contribution < 1.29 is 9.53 Å². The molecule has 1 aliphatic carbocycles. The molecule has 1 fully saturated rings. The van der Waals surface area contributed by atoms with Crippen LogP contribution in [0, 0.1) is 0 Å². The fourth-order valence-corrected chi connectivity index (χ4v) is 3.58. The number of fused-ring (bicyclic) bond motifs is 1. The first-order valence-electron chi connectivity index (χ1n) is 9.16. The molecule has 1 atom stereocenters. The predicted molar refractivity (Wildman–Crippen MR) is 104 cm³/mol. The van der Waals surface area contributed by atoms with E-state index in [0.717, 1.165) is 28.8 Å². The first-order valence-corrected chi connectivity index (χ1v) is 9.16. The third-order valence-electron chi connectivity index (χ3n) is 5.27. The van der Waals surface area contributed by atoms with E-state index in [1.165, 1.54) is 18.4 Å². The summed E-state index contributed by atoms with van der Waals surface area (Å²) in [5, 5.41) is 1.00. The number of hydrogen-bond donors (Lipinski definition) is 1. The standard InChI is InChI=1S/C22H24N2O2/c1-15(22(25)20-13-23-21-6-4-3-5-19(20)21)24(17-9-10-17)14-16-7-11-18(26-2)12-8-16/h3-8,11-13,15,17,23H,9-10,14H2,1-2H3. The van der Waals surface area contributed by atoms with Crippen molar-refractivity contribution >= 4 is 16.7 Å². The van der Waals surface area contributed by atoms with E-state index in [2.05, 4.69) is 22.0 Å². The van der Waals surface area contributed by atoms with E-state index in [1.807, 2.05) is 49.5 Å². The number of para-hydroxylation sites is 1. The summed E-state index contributed by atoms with van der Waals surface area (Å²) in [5.74, 6) is 1.04. The number of aromatic nitrogens is 1. The highest BCUT2D eigenvalue weighted by Crippen LogP contribution is 2.32. The van der Waals surface area contributed by atoms with Gasteiger partial charge < -0.3 is 9.72 Å². The van der Waals surface area contributed by atoms with Gasteiger partial charge in [-0.1, -0.05) is 30.3 Å². The van der Waals surface area contributed by atoms with Gasteiger partial charge in [0.2, 0.25) is 0 Å². The van der Waals surface area contributed by atoms with Crippen molar-refractivity contribution in [3.05, 3.63) is 65.9 Å². The number of rotatable bonds is 7. The maximum absolute atomic E-state index is 13.2. The molecule has 1 aromatic heterocycles. The fourth-order valence-electron chi connectivity index (χ4n) is 3.58. The number of carbonyl (C=O) groups excluding carboxylic acids is 1. The first-order chi connectivity index (χ1) is 12.7. The van der Waals surface area contributed by atoms with Crippen LogP contribution in [0.5, 0.6) is 5.75 Å². The van der Waals surface area contributed by atoms with Crippen LogP contribution in [0.15, 0.2) is 54.7 Å². The normalized spacial score (nSPS) is 15.3. The zero-order valence-corrected chi connectivity index (χ0v) is 15.2. The molecule has 0 saturated heterocycles. The SMILES string of the molecule is COc1ccc(CN(C2CC2)C(C)C(=O)c2c[nH]c3ccccc23)cc1. The molecule has 4 rings (SSSR count). The molecular weight excluding hydrogens is 324 g/mol. The van der Waals surface area contributed by atoms with Gasteiger partial charge in [-0.3, -0.25) is 9.69 Å². The lowest BCUT2D eigenvalue weighted by molar-refractivity contribution is 0.0816. The molecule has 0 spiro atoms. The van der Waals surface area contributed by atoms with Gasteiger partial charge in [0.25, 0.3) is 0 Å². The molecule has 0 bridgehead atoms. The summed E-state index contributed by atoms with van der Waals surface area (Å²) in [7, 11) is 1.67. The number of H-pyrrole nitrogens is 1. The number of nitrogens with one attached hydrogen (secondary N) is 1. The van der Waals surface area contributed by atoms with Crippen LogP contribution in [0.3, 0.4) is 0 Å². The van der Waals surface area contributed by atoms with E-state index in [-0.39, 0.29) is 11.8 Å². The first kappa shape index (κ1) is 16.9. The minimum absolute atomic E-state index is 0.149. The number of ketones is 1. The van der Waals surface area contributed by atoms with Gasteiger partial charge in [-0.15, -0.1) is 0 Å². The summed E-state index contributed by atoms with van der Waals surface area (Å²) in [6.45, 7) is 2.82. The molecule has 1 aliphatic rings. The number of methoxy groups -OCH3 is 1. The summed E-state index contributed by atoms with van der Waals surface area (Å²) < 4.78 is 5.24. The van der Waals surface area contributed by atoms with E-state index in [4.69, 9.17) is 4.74 Å². The van der Waals surface area contributed by atoms with E-state index in [1.54, 1.807) is 7.11 Å². The topological polar surface area (TPSA) is 45.3 Å². The number of nitrogens with zero attached hydrogens (tertiary/aromatic N) is 1. The van der Waals surface area contributed by atoms with Crippen molar-refractivity contribution in [2.75, 3.05) is 7.11 Å². The highest BCUT2D eigenvalue weighted by atomic mass is 16.5. The fraction of sp³-hybridized carbons (Fsp3) is 0.318. The quantitative estimate of drug-likeness (QED) is 0.643. The third kappa shape index (κ3) is 3.25. The minimum Gasteiger partial charge on any atom is -0.497 e. The molecule has 1 N–H and O–H groups in total. The highest BCUT2D eigenvalue weighted by Gasteiger charge is 2.35. The van der Waals surface area contributed by atoms with Gasteiger partial charge in [-0.05, 0) is 43.5 Å². The summed E-state index contributed by atoms with van der Waals surface area (Å²) in [6.07, 6.45) is 4.19. The average molecular weight is 348 g/mol. The van der Waals surface area contributed by atoms with Gasteiger partial charge in [0.1, 0.15) is 5.75 Å². The molecule has 26 heavy (non-hydrogen) atoms. The second-order valence-corrected chi connectivity index (χ2v) is 7.04. The van der Waals surface area contributed by atoms with Crippen molar-refractivity contribution in [3.8, 4) is 5.75 Å². The van der Waals surface area contributed by atoms with Crippen LogP contribution >= 0.6 is 0 Å². The zero-order chi connectivity index (χ0) is 18.1. The Kier molecular flexibility index (Phi) is 4.51. The van der Waals surface area contributed by atoms with Crippen molar-refractivity contribution in [2.45, 2.75) is 38.4 Å². The Labute approximate surface area is 153 Å². The molecule has 1 saturated carbocycles. The van der Waals surface area contributed by atoms with E-state index < -0.39 is 0 Å². The van der Waals surface area contributed by atoms with Crippen LogP contribution < -0.4 is 4.74 Å². The molecule has 0 radical (unpaired) electrons. The number of ether oxygens (including phenoxy) is 1. The Morgan fingerprint density at radius 1 is 1.19 bits per heavy atom. The van der Waals surface area contributed by atoms with E-state index in [9.17, 15) is 4.79 Å². The van der Waals surface area contributed by atoms with Gasteiger partial charge in [0, 0.05) is 35.2 Å². The maximum Gasteiger partial charge on any atom is 0.181 e. The lowest BCUT2D eigenvalue weighted by Gasteiger charge is -2.28. The maximum atomic E-state index is 13.2. The number of carbonyl (C=O) groups is 1. The smallest absolute Gasteiger partial charge is 0.181 e. The summed E-state index contributed by atoms with van der Waals surface area (Å²) >= 11 is 0. The van der Waals surface area contributed by atoms with Crippen LogP contribution in [0.4, 0.5) is 0 Å². The van der Waals surface area contributed by atoms with Gasteiger partial charge in [0.05, 0.1) is 13.2 Å². The average Bonchev–Trinajstić information content (AvgIpc) is 3.44. The number of aromatic amines is 1. The van der Waals surface area contributed by atoms with Crippen LogP contribution in [-0.4, -0.2) is 34.9 Å². The van der Waals surface area contributed by atoms with Gasteiger partial charge in [-0.25, -0.2) is 0 Å². The lowest BCUT2D eigenvalue weighted by Crippen LogP contribution is -2.40. The number of hydrogen-bond acceptors (Lipinski definition) is 3. The second kappa shape index (κ2) is 6.96. The molecule has 4 heteroatoms. The molecule has 0 amide bonds. The highest BCUT2D eigenvalue weighted by molar-refractivity contribution is 6.10. The largest absolute Gasteiger partial charge is 0.497 e. The van der Waals surface area contributed by atoms with Crippen molar-refractivity contribution in [1.82, 2.24) is 9.88 Å². The minimum atomic E-state index is -0.149. The van der Waals surface area contributed by atoms with Gasteiger partial charge in [0.15, 0.2) is 5.78 Å². The monoisotopic (exact) mass is 348 g/mol. The van der Waals surface area contributed by atoms with Crippen molar-refractivity contribution in [1.29, 1.82) is 0 Å². The van der Waals surface area contributed by atoms with Gasteiger partial charge in [-0.2, -0.15) is 0 Å². The molecule has 1 heterocycles. The molecule has 2 aromatic carbocycles. The lowest BCUT2D eigenvalue weighted by atomic mass is 10.0. The number of Topliss-reactive ketones (excluding diaryl/α,β-unsaturated/α-hetero) is 1. The van der Waals surface area contributed by atoms with Crippen LogP contribution in [0.2, 0.25) is 0 Å². The summed E-state index contributed by atoms with van der Waals surface area (Å²) in [5.41, 5.74) is 3.00. The van der Waals surface area contributed by atoms with Crippen molar-refractivity contribution in [2.24, 2.45) is 0 Å². The molecule has 3 aromatic rings. The summed E-state index contributed by atoms with van der Waals surface area (Å²) in [4.78, 5) is 18.8. The Balaban J connectivity index is 1.56.